The van der Waals surface area contributed by atoms with Crippen LogP contribution in [0, 0.1) is 13.8 Å². The van der Waals surface area contributed by atoms with Crippen molar-refractivity contribution in [3.63, 3.8) is 0 Å². The van der Waals surface area contributed by atoms with Crippen LogP contribution in [0.5, 0.6) is 0 Å². The third-order valence-electron chi connectivity index (χ3n) is 10.1. The van der Waals surface area contributed by atoms with Crippen LogP contribution in [0.4, 0.5) is 0 Å². The van der Waals surface area contributed by atoms with Crippen molar-refractivity contribution in [2.24, 2.45) is 0 Å². The Morgan fingerprint density at radius 2 is 0.975 bits per heavy atom. The van der Waals surface area contributed by atoms with Crippen LogP contribution in [-0.2, 0) is 25.7 Å². The Bertz CT molecular complexity index is 2220. The van der Waals surface area contributed by atoms with Gasteiger partial charge in [-0.15, -0.1) is 0 Å². The zero-order chi connectivity index (χ0) is 26.5. The maximum atomic E-state index is 2.42. The summed E-state index contributed by atoms with van der Waals surface area (Å²) in [6.45, 7) is 4.75. The van der Waals surface area contributed by atoms with Crippen molar-refractivity contribution >= 4 is 43.1 Å². The van der Waals surface area contributed by atoms with Gasteiger partial charge in [0.1, 0.15) is 0 Å². The summed E-state index contributed by atoms with van der Waals surface area (Å²) < 4.78 is 0. The van der Waals surface area contributed by atoms with Gasteiger partial charge in [0.25, 0.3) is 0 Å². The molecule has 0 amide bonds. The zero-order valence-electron chi connectivity index (χ0n) is 23.1. The fourth-order valence-electron chi connectivity index (χ4n) is 8.09. The molecule has 0 nitrogen and oxygen atoms in total. The monoisotopic (exact) mass is 510 g/mol. The van der Waals surface area contributed by atoms with Gasteiger partial charge in [-0.05, 0) is 138 Å². The summed E-state index contributed by atoms with van der Waals surface area (Å²) >= 11 is 0. The molecular formula is C40H30. The van der Waals surface area contributed by atoms with E-state index in [1.165, 1.54) is 87.6 Å². The average molecular weight is 511 g/mol. The first-order chi connectivity index (χ1) is 19.7. The fourth-order valence-corrected chi connectivity index (χ4v) is 8.09. The number of benzene rings is 7. The second kappa shape index (κ2) is 8.05. The summed E-state index contributed by atoms with van der Waals surface area (Å²) in [4.78, 5) is 0. The number of hydrogen-bond donors (Lipinski definition) is 0. The number of fused-ring (bicyclic) bond motifs is 15. The van der Waals surface area contributed by atoms with Crippen LogP contribution in [0.2, 0.25) is 0 Å². The Hall–Kier alpha value is -4.42. The zero-order valence-corrected chi connectivity index (χ0v) is 23.1. The Balaban J connectivity index is 1.55. The molecule has 0 heterocycles. The third kappa shape index (κ3) is 2.86. The minimum atomic E-state index is 1.10. The molecular weight excluding hydrogens is 480 g/mol. The summed E-state index contributed by atoms with van der Waals surface area (Å²) in [6.07, 6.45) is 4.47. The lowest BCUT2D eigenvalue weighted by Crippen LogP contribution is -2.15. The van der Waals surface area contributed by atoms with Gasteiger partial charge in [-0.2, -0.15) is 0 Å². The molecule has 7 aromatic rings. The normalized spacial score (nSPS) is 13.8. The maximum Gasteiger partial charge on any atom is -0.00142 e. The minimum absolute atomic E-state index is 1.10. The summed E-state index contributed by atoms with van der Waals surface area (Å²) in [5, 5.41) is 10.9. The third-order valence-corrected chi connectivity index (χ3v) is 10.1. The van der Waals surface area contributed by atoms with Gasteiger partial charge in [0.05, 0.1) is 0 Å². The Kier molecular flexibility index (Phi) is 4.51. The van der Waals surface area contributed by atoms with E-state index in [1.807, 2.05) is 0 Å². The fraction of sp³-hybridized carbons (Fsp3) is 0.150. The first-order valence-electron chi connectivity index (χ1n) is 14.7. The molecule has 190 valence electrons. The predicted molar refractivity (Wildman–Crippen MR) is 172 cm³/mol. The second-order valence-corrected chi connectivity index (χ2v) is 11.9. The van der Waals surface area contributed by atoms with Gasteiger partial charge in [-0.3, -0.25) is 0 Å². The molecule has 0 N–H and O–H groups in total. The van der Waals surface area contributed by atoms with Crippen molar-refractivity contribution in [3.05, 3.63) is 130 Å². The molecule has 2 aliphatic carbocycles. The van der Waals surface area contributed by atoms with Gasteiger partial charge < -0.3 is 0 Å². The molecule has 0 aliphatic heterocycles. The van der Waals surface area contributed by atoms with Crippen LogP contribution in [0.15, 0.2) is 97.1 Å². The van der Waals surface area contributed by atoms with Gasteiger partial charge in [0, 0.05) is 0 Å². The molecule has 0 radical (unpaired) electrons. The highest BCUT2D eigenvalue weighted by Gasteiger charge is 2.30. The van der Waals surface area contributed by atoms with E-state index in [0.29, 0.717) is 0 Å². The van der Waals surface area contributed by atoms with Crippen LogP contribution in [-0.4, -0.2) is 0 Å². The van der Waals surface area contributed by atoms with Gasteiger partial charge in [-0.1, -0.05) is 97.1 Å². The average Bonchev–Trinajstić information content (AvgIpc) is 3.01. The Labute approximate surface area is 234 Å². The number of aryl methyl sites for hydroxylation is 2. The molecule has 0 atom stereocenters. The Morgan fingerprint density at radius 1 is 0.400 bits per heavy atom. The number of hydrogen-bond acceptors (Lipinski definition) is 0. The van der Waals surface area contributed by atoms with Crippen molar-refractivity contribution in [1.29, 1.82) is 0 Å². The highest BCUT2D eigenvalue weighted by atomic mass is 14.3. The number of rotatable bonds is 0. The lowest BCUT2D eigenvalue weighted by atomic mass is 9.71. The molecule has 40 heavy (non-hydrogen) atoms. The van der Waals surface area contributed by atoms with E-state index < -0.39 is 0 Å². The molecule has 9 rings (SSSR count). The van der Waals surface area contributed by atoms with E-state index in [9.17, 15) is 0 Å². The topological polar surface area (TPSA) is 0 Å². The Morgan fingerprint density at radius 3 is 1.77 bits per heavy atom. The standard InChI is InChI=1S/C40H30/c1-23-24(2)32-22-20-30-18-17-29-16-15-28-14-13-27-12-11-25-7-3-5-9-33(25)35(27)36(28)37(29)38(30)40(32)39-31(23)21-19-26-8-4-6-10-34(26)39/h3-18H,19-22H2,1-2H3. The van der Waals surface area contributed by atoms with Crippen LogP contribution in [0.25, 0.3) is 65.3 Å². The molecule has 0 spiro atoms. The van der Waals surface area contributed by atoms with Gasteiger partial charge in [0.15, 0.2) is 0 Å². The SMILES string of the molecule is Cc1c(C)c2c(c3c1CCc1ccccc1-3)-c1c(ccc3ccc4ccc5ccc6ccccc6c5c4c13)CC2. The molecule has 7 aromatic carbocycles. The molecule has 2 aliphatic rings. The highest BCUT2D eigenvalue weighted by Crippen LogP contribution is 2.52. The lowest BCUT2D eigenvalue weighted by molar-refractivity contribution is 0.896. The van der Waals surface area contributed by atoms with Crippen molar-refractivity contribution in [2.75, 3.05) is 0 Å². The van der Waals surface area contributed by atoms with Crippen molar-refractivity contribution < 1.29 is 0 Å². The van der Waals surface area contributed by atoms with E-state index in [-0.39, 0.29) is 0 Å². The van der Waals surface area contributed by atoms with Crippen molar-refractivity contribution in [3.8, 4) is 22.3 Å². The van der Waals surface area contributed by atoms with Crippen LogP contribution in [0.1, 0.15) is 33.4 Å². The van der Waals surface area contributed by atoms with E-state index in [4.69, 9.17) is 0 Å². The quantitative estimate of drug-likeness (QED) is 0.178. The smallest absolute Gasteiger partial charge is 0.00142 e. The van der Waals surface area contributed by atoms with Gasteiger partial charge >= 0.3 is 0 Å². The summed E-state index contributed by atoms with van der Waals surface area (Å²) in [6, 6.07) is 36.8. The van der Waals surface area contributed by atoms with E-state index in [0.717, 1.165) is 25.7 Å². The molecule has 0 saturated heterocycles. The van der Waals surface area contributed by atoms with E-state index in [1.54, 1.807) is 11.1 Å². The van der Waals surface area contributed by atoms with Crippen molar-refractivity contribution in [2.45, 2.75) is 39.5 Å². The second-order valence-electron chi connectivity index (χ2n) is 11.9. The summed E-state index contributed by atoms with van der Waals surface area (Å²) in [5.41, 5.74) is 15.1. The summed E-state index contributed by atoms with van der Waals surface area (Å²) in [7, 11) is 0. The predicted octanol–water partition coefficient (Wildman–Crippen LogP) is 10.4. The van der Waals surface area contributed by atoms with Crippen LogP contribution in [0.3, 0.4) is 0 Å². The van der Waals surface area contributed by atoms with Gasteiger partial charge in [0.2, 0.25) is 0 Å². The maximum absolute atomic E-state index is 2.42. The van der Waals surface area contributed by atoms with E-state index in [2.05, 4.69) is 111 Å². The van der Waals surface area contributed by atoms with Crippen LogP contribution < -0.4 is 0 Å². The molecule has 0 fully saturated rings. The van der Waals surface area contributed by atoms with Gasteiger partial charge in [-0.25, -0.2) is 0 Å². The van der Waals surface area contributed by atoms with Crippen LogP contribution >= 0.6 is 0 Å². The molecule has 0 heteroatoms. The first-order valence-corrected chi connectivity index (χ1v) is 14.7. The summed E-state index contributed by atoms with van der Waals surface area (Å²) in [5.74, 6) is 0. The molecule has 0 aromatic heterocycles. The molecule has 0 saturated carbocycles. The lowest BCUT2D eigenvalue weighted by Gasteiger charge is -2.33. The highest BCUT2D eigenvalue weighted by molar-refractivity contribution is 6.30. The van der Waals surface area contributed by atoms with E-state index >= 15 is 0 Å². The minimum Gasteiger partial charge on any atom is -0.0620 e. The largest absolute Gasteiger partial charge is 0.0620 e. The van der Waals surface area contributed by atoms with Crippen molar-refractivity contribution in [1.82, 2.24) is 0 Å². The first kappa shape index (κ1) is 22.4. The molecule has 0 unspecified atom stereocenters. The molecule has 0 bridgehead atoms.